The minimum Gasteiger partial charge on any atom is -0.341 e. The summed E-state index contributed by atoms with van der Waals surface area (Å²) in [6.07, 6.45) is 0.939. The molecule has 1 fully saturated rings. The highest BCUT2D eigenvalue weighted by Crippen LogP contribution is 2.15. The number of ketones is 1. The van der Waals surface area contributed by atoms with E-state index in [1.807, 2.05) is 43.0 Å². The normalized spacial score (nSPS) is 20.0. The Hall–Kier alpha value is -1.64. The van der Waals surface area contributed by atoms with E-state index in [-0.39, 0.29) is 17.6 Å². The van der Waals surface area contributed by atoms with Gasteiger partial charge in [-0.15, -0.1) is 0 Å². The van der Waals surface area contributed by atoms with E-state index in [0.29, 0.717) is 25.9 Å². The lowest BCUT2D eigenvalue weighted by atomic mass is 9.97. The molecule has 0 aliphatic carbocycles. The van der Waals surface area contributed by atoms with Crippen LogP contribution in [0.15, 0.2) is 24.3 Å². The first kappa shape index (κ1) is 12.8. The molecule has 2 rings (SSSR count). The lowest BCUT2D eigenvalue weighted by Crippen LogP contribution is -2.43. The van der Waals surface area contributed by atoms with Crippen molar-refractivity contribution in [1.82, 2.24) is 4.90 Å². The Morgan fingerprint density at radius 3 is 2.78 bits per heavy atom. The molecular formula is C15H19NO2. The van der Waals surface area contributed by atoms with Gasteiger partial charge < -0.3 is 4.90 Å². The molecule has 1 saturated heterocycles. The molecule has 3 heteroatoms. The summed E-state index contributed by atoms with van der Waals surface area (Å²) >= 11 is 0. The predicted molar refractivity (Wildman–Crippen MR) is 70.3 cm³/mol. The first-order valence-corrected chi connectivity index (χ1v) is 6.43. The van der Waals surface area contributed by atoms with E-state index < -0.39 is 0 Å². The van der Waals surface area contributed by atoms with Gasteiger partial charge in [-0.05, 0) is 18.1 Å². The largest absolute Gasteiger partial charge is 0.341 e. The highest BCUT2D eigenvalue weighted by molar-refractivity contribution is 5.85. The number of piperidine rings is 1. The van der Waals surface area contributed by atoms with Crippen LogP contribution in [0.2, 0.25) is 0 Å². The molecule has 1 aliphatic heterocycles. The SMILES string of the molecule is Cc1ccccc1CC(=O)N1CCC(=O)C(C)C1. The zero-order valence-electron chi connectivity index (χ0n) is 11.0. The minimum atomic E-state index is -0.0143. The number of Topliss-reactive ketones (excluding diaryl/α,β-unsaturated/α-hetero) is 1. The quantitative estimate of drug-likeness (QED) is 0.799. The number of likely N-dealkylation sites (tertiary alicyclic amines) is 1. The lowest BCUT2D eigenvalue weighted by Gasteiger charge is -2.30. The second-order valence-corrected chi connectivity index (χ2v) is 5.06. The molecule has 1 atom stereocenters. The van der Waals surface area contributed by atoms with Gasteiger partial charge in [0.25, 0.3) is 0 Å². The zero-order valence-corrected chi connectivity index (χ0v) is 11.0. The average Bonchev–Trinajstić information content (AvgIpc) is 2.35. The van der Waals surface area contributed by atoms with Gasteiger partial charge in [0.05, 0.1) is 6.42 Å². The van der Waals surface area contributed by atoms with Crippen molar-refractivity contribution in [2.45, 2.75) is 26.7 Å². The number of rotatable bonds is 2. The smallest absolute Gasteiger partial charge is 0.227 e. The second-order valence-electron chi connectivity index (χ2n) is 5.06. The van der Waals surface area contributed by atoms with Crippen LogP contribution in [0.25, 0.3) is 0 Å². The van der Waals surface area contributed by atoms with Crippen LogP contribution in [0.1, 0.15) is 24.5 Å². The third kappa shape index (κ3) is 2.78. The predicted octanol–water partition coefficient (Wildman–Crippen LogP) is 1.98. The summed E-state index contributed by atoms with van der Waals surface area (Å²) < 4.78 is 0. The summed E-state index contributed by atoms with van der Waals surface area (Å²) in [5.74, 6) is 0.387. The molecule has 0 bridgehead atoms. The molecule has 1 heterocycles. The molecule has 18 heavy (non-hydrogen) atoms. The van der Waals surface area contributed by atoms with Crippen LogP contribution < -0.4 is 0 Å². The molecule has 1 aliphatic rings. The average molecular weight is 245 g/mol. The first-order chi connectivity index (χ1) is 8.58. The van der Waals surface area contributed by atoms with Crippen LogP contribution in [-0.2, 0) is 16.0 Å². The van der Waals surface area contributed by atoms with Gasteiger partial charge in [-0.3, -0.25) is 9.59 Å². The van der Waals surface area contributed by atoms with Crippen LogP contribution in [-0.4, -0.2) is 29.7 Å². The van der Waals surface area contributed by atoms with Crippen molar-refractivity contribution in [2.75, 3.05) is 13.1 Å². The van der Waals surface area contributed by atoms with E-state index in [9.17, 15) is 9.59 Å². The minimum absolute atomic E-state index is 0.0143. The summed E-state index contributed by atoms with van der Waals surface area (Å²) in [7, 11) is 0. The van der Waals surface area contributed by atoms with Gasteiger partial charge in [0.1, 0.15) is 5.78 Å². The Labute approximate surface area is 108 Å². The van der Waals surface area contributed by atoms with E-state index in [4.69, 9.17) is 0 Å². The Kier molecular flexibility index (Phi) is 3.80. The molecule has 1 unspecified atom stereocenters. The van der Waals surface area contributed by atoms with Crippen LogP contribution in [0, 0.1) is 12.8 Å². The van der Waals surface area contributed by atoms with Gasteiger partial charge in [-0.1, -0.05) is 31.2 Å². The highest BCUT2D eigenvalue weighted by atomic mass is 16.2. The van der Waals surface area contributed by atoms with Gasteiger partial charge in [0.2, 0.25) is 5.91 Å². The number of nitrogens with zero attached hydrogens (tertiary/aromatic N) is 1. The van der Waals surface area contributed by atoms with Crippen molar-refractivity contribution < 1.29 is 9.59 Å². The number of aryl methyl sites for hydroxylation is 1. The maximum atomic E-state index is 12.2. The van der Waals surface area contributed by atoms with Crippen molar-refractivity contribution >= 4 is 11.7 Å². The van der Waals surface area contributed by atoms with Crippen molar-refractivity contribution in [2.24, 2.45) is 5.92 Å². The maximum absolute atomic E-state index is 12.2. The van der Waals surface area contributed by atoms with E-state index in [1.165, 1.54) is 0 Å². The van der Waals surface area contributed by atoms with Gasteiger partial charge in [-0.2, -0.15) is 0 Å². The van der Waals surface area contributed by atoms with Gasteiger partial charge in [-0.25, -0.2) is 0 Å². The highest BCUT2D eigenvalue weighted by Gasteiger charge is 2.26. The number of amides is 1. The molecular weight excluding hydrogens is 226 g/mol. The third-order valence-electron chi connectivity index (χ3n) is 3.63. The summed E-state index contributed by atoms with van der Waals surface area (Å²) in [5.41, 5.74) is 2.22. The van der Waals surface area contributed by atoms with Gasteiger partial charge >= 0.3 is 0 Å². The van der Waals surface area contributed by atoms with E-state index >= 15 is 0 Å². The van der Waals surface area contributed by atoms with Crippen molar-refractivity contribution in [3.63, 3.8) is 0 Å². The summed E-state index contributed by atoms with van der Waals surface area (Å²) in [5, 5.41) is 0. The van der Waals surface area contributed by atoms with Crippen LogP contribution >= 0.6 is 0 Å². The second kappa shape index (κ2) is 5.34. The summed E-state index contributed by atoms with van der Waals surface area (Å²) in [4.78, 5) is 25.4. The van der Waals surface area contributed by atoms with Crippen molar-refractivity contribution in [3.05, 3.63) is 35.4 Å². The number of hydrogen-bond acceptors (Lipinski definition) is 2. The Morgan fingerprint density at radius 1 is 1.39 bits per heavy atom. The fourth-order valence-corrected chi connectivity index (χ4v) is 2.32. The third-order valence-corrected chi connectivity index (χ3v) is 3.63. The van der Waals surface area contributed by atoms with E-state index in [1.54, 1.807) is 0 Å². The van der Waals surface area contributed by atoms with Crippen LogP contribution in [0.4, 0.5) is 0 Å². The zero-order chi connectivity index (χ0) is 13.1. The number of hydrogen-bond donors (Lipinski definition) is 0. The fourth-order valence-electron chi connectivity index (χ4n) is 2.32. The molecule has 3 nitrogen and oxygen atoms in total. The Bertz CT molecular complexity index is 467. The van der Waals surface area contributed by atoms with Gasteiger partial charge in [0, 0.05) is 25.4 Å². The van der Waals surface area contributed by atoms with Gasteiger partial charge in [0.15, 0.2) is 0 Å². The molecule has 1 aromatic carbocycles. The molecule has 96 valence electrons. The van der Waals surface area contributed by atoms with Crippen molar-refractivity contribution in [1.29, 1.82) is 0 Å². The van der Waals surface area contributed by atoms with E-state index in [0.717, 1.165) is 11.1 Å². The summed E-state index contributed by atoms with van der Waals surface area (Å²) in [6, 6.07) is 7.94. The monoisotopic (exact) mass is 245 g/mol. The molecule has 0 radical (unpaired) electrons. The Morgan fingerprint density at radius 2 is 2.11 bits per heavy atom. The number of carbonyl (C=O) groups excluding carboxylic acids is 2. The molecule has 0 aromatic heterocycles. The summed E-state index contributed by atoms with van der Waals surface area (Å²) in [6.45, 7) is 5.07. The standard InChI is InChI=1S/C15H19NO2/c1-11-5-3-4-6-13(11)9-15(18)16-8-7-14(17)12(2)10-16/h3-6,12H,7-10H2,1-2H3. The molecule has 0 saturated carbocycles. The van der Waals surface area contributed by atoms with Crippen LogP contribution in [0.5, 0.6) is 0 Å². The molecule has 1 amide bonds. The number of carbonyl (C=O) groups is 2. The Balaban J connectivity index is 2.01. The topological polar surface area (TPSA) is 37.4 Å². The molecule has 0 spiro atoms. The number of benzene rings is 1. The fraction of sp³-hybridized carbons (Fsp3) is 0.467. The lowest BCUT2D eigenvalue weighted by molar-refractivity contribution is -0.136. The molecule has 0 N–H and O–H groups in total. The maximum Gasteiger partial charge on any atom is 0.227 e. The van der Waals surface area contributed by atoms with Crippen LogP contribution in [0.3, 0.4) is 0 Å². The van der Waals surface area contributed by atoms with E-state index in [2.05, 4.69) is 0 Å². The first-order valence-electron chi connectivity index (χ1n) is 6.43. The van der Waals surface area contributed by atoms with Crippen molar-refractivity contribution in [3.8, 4) is 0 Å². The molecule has 1 aromatic rings.